The quantitative estimate of drug-likeness (QED) is 0.618. The van der Waals surface area contributed by atoms with Crippen molar-refractivity contribution in [3.8, 4) is 5.75 Å². The van der Waals surface area contributed by atoms with E-state index in [9.17, 15) is 9.59 Å². The van der Waals surface area contributed by atoms with E-state index < -0.39 is 11.8 Å². The van der Waals surface area contributed by atoms with E-state index in [1.54, 1.807) is 18.2 Å². The van der Waals surface area contributed by atoms with Crippen molar-refractivity contribution in [2.45, 2.75) is 6.92 Å². The van der Waals surface area contributed by atoms with E-state index in [1.807, 2.05) is 19.1 Å². The van der Waals surface area contributed by atoms with E-state index in [-0.39, 0.29) is 6.61 Å². The first-order valence-electron chi connectivity index (χ1n) is 6.74. The Morgan fingerprint density at radius 2 is 2.13 bits per heavy atom. The highest BCUT2D eigenvalue weighted by Crippen LogP contribution is 2.21. The summed E-state index contributed by atoms with van der Waals surface area (Å²) in [4.78, 5) is 23.1. The van der Waals surface area contributed by atoms with Crippen LogP contribution >= 0.6 is 15.9 Å². The van der Waals surface area contributed by atoms with Crippen molar-refractivity contribution < 1.29 is 18.7 Å². The lowest BCUT2D eigenvalue weighted by atomic mass is 10.2. The predicted molar refractivity (Wildman–Crippen MR) is 88.4 cm³/mol. The van der Waals surface area contributed by atoms with Crippen LogP contribution in [0.25, 0.3) is 6.08 Å². The maximum atomic E-state index is 11.6. The number of benzene rings is 1. The largest absolute Gasteiger partial charge is 0.483 e. The summed E-state index contributed by atoms with van der Waals surface area (Å²) in [6.45, 7) is 1.67. The van der Waals surface area contributed by atoms with E-state index in [0.29, 0.717) is 11.5 Å². The minimum absolute atomic E-state index is 0.204. The van der Waals surface area contributed by atoms with Crippen molar-refractivity contribution in [1.82, 2.24) is 10.9 Å². The van der Waals surface area contributed by atoms with Gasteiger partial charge in [-0.3, -0.25) is 20.4 Å². The van der Waals surface area contributed by atoms with E-state index in [4.69, 9.17) is 9.15 Å². The lowest BCUT2D eigenvalue weighted by Crippen LogP contribution is -2.43. The fourth-order valence-electron chi connectivity index (χ4n) is 1.67. The molecule has 0 aliphatic carbocycles. The van der Waals surface area contributed by atoms with Crippen molar-refractivity contribution >= 4 is 33.8 Å². The molecule has 0 saturated carbocycles. The van der Waals surface area contributed by atoms with Gasteiger partial charge in [-0.15, -0.1) is 0 Å². The molecule has 0 radical (unpaired) electrons. The maximum Gasteiger partial charge on any atom is 0.276 e. The Hall–Kier alpha value is -2.54. The normalized spacial score (nSPS) is 10.5. The first kappa shape index (κ1) is 16.8. The number of hydrogen-bond donors (Lipinski definition) is 2. The second-order valence-corrected chi connectivity index (χ2v) is 5.50. The van der Waals surface area contributed by atoms with Crippen LogP contribution in [0.3, 0.4) is 0 Å². The summed E-state index contributed by atoms with van der Waals surface area (Å²) >= 11 is 3.35. The Morgan fingerprint density at radius 3 is 2.83 bits per heavy atom. The van der Waals surface area contributed by atoms with E-state index in [1.165, 1.54) is 18.4 Å². The maximum absolute atomic E-state index is 11.6. The average molecular weight is 379 g/mol. The van der Waals surface area contributed by atoms with Gasteiger partial charge in [-0.2, -0.15) is 0 Å². The fourth-order valence-corrected chi connectivity index (χ4v) is 2.15. The molecule has 0 fully saturated rings. The van der Waals surface area contributed by atoms with Crippen molar-refractivity contribution in [3.05, 3.63) is 58.5 Å². The number of carbonyl (C=O) groups is 2. The van der Waals surface area contributed by atoms with Crippen molar-refractivity contribution in [1.29, 1.82) is 0 Å². The molecular formula is C16H15BrN2O4. The highest BCUT2D eigenvalue weighted by molar-refractivity contribution is 9.10. The second-order valence-electron chi connectivity index (χ2n) is 4.58. The van der Waals surface area contributed by atoms with Crippen molar-refractivity contribution in [2.75, 3.05) is 6.61 Å². The first-order chi connectivity index (χ1) is 11.0. The number of ether oxygens (including phenoxy) is 1. The molecule has 0 bridgehead atoms. The molecule has 0 atom stereocenters. The van der Waals surface area contributed by atoms with Gasteiger partial charge in [0.15, 0.2) is 6.61 Å². The third-order valence-electron chi connectivity index (χ3n) is 2.76. The Morgan fingerprint density at radius 1 is 1.30 bits per heavy atom. The van der Waals surface area contributed by atoms with Crippen LogP contribution in [-0.2, 0) is 9.59 Å². The predicted octanol–water partition coefficient (Wildman–Crippen LogP) is 2.59. The molecule has 2 N–H and O–H groups in total. The van der Waals surface area contributed by atoms with Crippen molar-refractivity contribution in [2.24, 2.45) is 0 Å². The molecule has 2 amide bonds. The van der Waals surface area contributed by atoms with Gasteiger partial charge in [0.25, 0.3) is 11.8 Å². The van der Waals surface area contributed by atoms with E-state index >= 15 is 0 Å². The lowest BCUT2D eigenvalue weighted by Gasteiger charge is -2.09. The van der Waals surface area contributed by atoms with Gasteiger partial charge in [0.05, 0.1) is 6.26 Å². The Bertz CT molecular complexity index is 711. The van der Waals surface area contributed by atoms with Crippen LogP contribution in [0.4, 0.5) is 0 Å². The number of hydrazine groups is 1. The minimum Gasteiger partial charge on any atom is -0.483 e. The third-order valence-corrected chi connectivity index (χ3v) is 3.26. The molecule has 2 aromatic rings. The number of halogens is 1. The zero-order valence-electron chi connectivity index (χ0n) is 12.3. The monoisotopic (exact) mass is 378 g/mol. The van der Waals surface area contributed by atoms with Crippen molar-refractivity contribution in [3.63, 3.8) is 0 Å². The summed E-state index contributed by atoms with van der Waals surface area (Å²) in [6, 6.07) is 8.88. The second kappa shape index (κ2) is 8.19. The van der Waals surface area contributed by atoms with Gasteiger partial charge in [-0.1, -0.05) is 15.9 Å². The van der Waals surface area contributed by atoms with Gasteiger partial charge < -0.3 is 9.15 Å². The smallest absolute Gasteiger partial charge is 0.276 e. The topological polar surface area (TPSA) is 80.6 Å². The van der Waals surface area contributed by atoms with E-state index in [0.717, 1.165) is 10.0 Å². The molecule has 1 aromatic carbocycles. The molecule has 0 saturated heterocycles. The van der Waals surface area contributed by atoms with Gasteiger partial charge in [-0.25, -0.2) is 0 Å². The highest BCUT2D eigenvalue weighted by atomic mass is 79.9. The average Bonchev–Trinajstić information content (AvgIpc) is 3.03. The number of furan rings is 1. The van der Waals surface area contributed by atoms with Crippen LogP contribution in [0.1, 0.15) is 11.3 Å². The standard InChI is InChI=1S/C16H15BrN2O4/c1-11-9-12(17)4-6-14(11)23-10-16(21)19-18-15(20)7-5-13-3-2-8-22-13/h2-9H,10H2,1H3,(H,18,20)(H,19,21)/b7-5+. The summed E-state index contributed by atoms with van der Waals surface area (Å²) in [5.41, 5.74) is 5.41. The molecule has 1 aromatic heterocycles. The molecule has 2 rings (SSSR count). The number of aryl methyl sites for hydroxylation is 1. The van der Waals surface area contributed by atoms with Crippen LogP contribution in [0.15, 0.2) is 51.6 Å². The van der Waals surface area contributed by atoms with Gasteiger partial charge in [0, 0.05) is 10.5 Å². The Balaban J connectivity index is 1.73. The molecule has 0 spiro atoms. The molecule has 0 unspecified atom stereocenters. The molecular weight excluding hydrogens is 364 g/mol. The summed E-state index contributed by atoms with van der Waals surface area (Å²) in [6.07, 6.45) is 4.24. The number of hydrogen-bond acceptors (Lipinski definition) is 4. The van der Waals surface area contributed by atoms with Gasteiger partial charge in [-0.05, 0) is 48.9 Å². The number of carbonyl (C=O) groups excluding carboxylic acids is 2. The molecule has 7 heteroatoms. The molecule has 1 heterocycles. The Kier molecular flexibility index (Phi) is 5.99. The SMILES string of the molecule is Cc1cc(Br)ccc1OCC(=O)NNC(=O)/C=C/c1ccco1. The molecule has 0 aliphatic rings. The zero-order valence-corrected chi connectivity index (χ0v) is 13.9. The first-order valence-corrected chi connectivity index (χ1v) is 7.53. The van der Waals surface area contributed by atoms with Gasteiger partial charge in [0.2, 0.25) is 0 Å². The Labute approximate surface area is 141 Å². The highest BCUT2D eigenvalue weighted by Gasteiger charge is 2.06. The summed E-state index contributed by atoms with van der Waals surface area (Å²) in [5.74, 6) is 0.203. The lowest BCUT2D eigenvalue weighted by molar-refractivity contribution is -0.128. The van der Waals surface area contributed by atoms with Crippen LogP contribution in [0, 0.1) is 6.92 Å². The van der Waals surface area contributed by atoms with Crippen LogP contribution in [-0.4, -0.2) is 18.4 Å². The third kappa shape index (κ3) is 5.63. The van der Waals surface area contributed by atoms with Crippen LogP contribution in [0.5, 0.6) is 5.75 Å². The van der Waals surface area contributed by atoms with Gasteiger partial charge in [0.1, 0.15) is 11.5 Å². The summed E-state index contributed by atoms with van der Waals surface area (Å²) < 4.78 is 11.4. The minimum atomic E-state index is -0.477. The van der Waals surface area contributed by atoms with E-state index in [2.05, 4.69) is 26.8 Å². The zero-order chi connectivity index (χ0) is 16.7. The molecule has 0 aliphatic heterocycles. The molecule has 6 nitrogen and oxygen atoms in total. The summed E-state index contributed by atoms with van der Waals surface area (Å²) in [7, 11) is 0. The molecule has 120 valence electrons. The fraction of sp³-hybridized carbons (Fsp3) is 0.125. The summed E-state index contributed by atoms with van der Waals surface area (Å²) in [5, 5.41) is 0. The van der Waals surface area contributed by atoms with Crippen LogP contribution in [0.2, 0.25) is 0 Å². The number of amides is 2. The van der Waals surface area contributed by atoms with Gasteiger partial charge >= 0.3 is 0 Å². The molecule has 23 heavy (non-hydrogen) atoms. The number of rotatable bonds is 5. The van der Waals surface area contributed by atoms with Crippen LogP contribution < -0.4 is 15.6 Å². The number of nitrogens with one attached hydrogen (secondary N) is 2.